The number of para-hydroxylation sites is 2. The molecule has 4 aromatic rings. The molecule has 2 aromatic heterocycles. The van der Waals surface area contributed by atoms with Gasteiger partial charge in [0.25, 0.3) is 5.56 Å². The number of hydrogen-bond acceptors (Lipinski definition) is 3. The minimum Gasteiger partial charge on any atom is -0.267 e. The van der Waals surface area contributed by atoms with Crippen LogP contribution in [0.1, 0.15) is 5.56 Å². The standard InChI is InChI=1S/C18H11ClN2OS/c19-13-8-2-1-6-12(13)7-5-11-16-17(22)21-15-10-4-3-9-14(15)20-18(21)23-16/h1-11H/b7-5+,16-11+. The highest BCUT2D eigenvalue weighted by molar-refractivity contribution is 7.15. The third-order valence-electron chi connectivity index (χ3n) is 3.57. The maximum atomic E-state index is 12.6. The maximum Gasteiger partial charge on any atom is 0.274 e. The molecule has 0 aliphatic heterocycles. The molecule has 0 fully saturated rings. The van der Waals surface area contributed by atoms with Crippen LogP contribution >= 0.6 is 22.9 Å². The molecule has 0 N–H and O–H groups in total. The Kier molecular flexibility index (Phi) is 3.48. The van der Waals surface area contributed by atoms with Crippen molar-refractivity contribution in [2.75, 3.05) is 0 Å². The van der Waals surface area contributed by atoms with Gasteiger partial charge < -0.3 is 0 Å². The molecule has 23 heavy (non-hydrogen) atoms. The van der Waals surface area contributed by atoms with Crippen molar-refractivity contribution < 1.29 is 0 Å². The van der Waals surface area contributed by atoms with Gasteiger partial charge in [-0.05, 0) is 29.8 Å². The van der Waals surface area contributed by atoms with Crippen molar-refractivity contribution in [1.29, 1.82) is 0 Å². The van der Waals surface area contributed by atoms with Crippen molar-refractivity contribution in [3.63, 3.8) is 0 Å². The SMILES string of the molecule is O=c1/c(=C\C=C\c2ccccc2Cl)sc2nc3ccccc3n12. The highest BCUT2D eigenvalue weighted by Crippen LogP contribution is 2.17. The van der Waals surface area contributed by atoms with Crippen LogP contribution in [0.5, 0.6) is 0 Å². The van der Waals surface area contributed by atoms with Gasteiger partial charge in [-0.3, -0.25) is 4.79 Å². The van der Waals surface area contributed by atoms with Crippen molar-refractivity contribution in [2.24, 2.45) is 0 Å². The molecule has 0 saturated carbocycles. The number of aromatic nitrogens is 2. The van der Waals surface area contributed by atoms with Gasteiger partial charge >= 0.3 is 0 Å². The third kappa shape index (κ3) is 2.46. The molecule has 0 saturated heterocycles. The van der Waals surface area contributed by atoms with Gasteiger partial charge in [0.2, 0.25) is 0 Å². The zero-order chi connectivity index (χ0) is 15.8. The van der Waals surface area contributed by atoms with E-state index in [-0.39, 0.29) is 5.56 Å². The van der Waals surface area contributed by atoms with E-state index in [1.165, 1.54) is 11.3 Å². The van der Waals surface area contributed by atoms with Crippen LogP contribution in [0.4, 0.5) is 0 Å². The summed E-state index contributed by atoms with van der Waals surface area (Å²) in [5, 5.41) is 0.687. The average molecular weight is 339 g/mol. The van der Waals surface area contributed by atoms with E-state index in [9.17, 15) is 4.79 Å². The van der Waals surface area contributed by atoms with E-state index >= 15 is 0 Å². The molecule has 4 rings (SSSR count). The highest BCUT2D eigenvalue weighted by atomic mass is 35.5. The largest absolute Gasteiger partial charge is 0.274 e. The van der Waals surface area contributed by atoms with Crippen LogP contribution in [0.3, 0.4) is 0 Å². The van der Waals surface area contributed by atoms with E-state index in [1.54, 1.807) is 10.5 Å². The second-order valence-electron chi connectivity index (χ2n) is 5.04. The predicted octanol–water partition coefficient (Wildman–Crippen LogP) is 3.78. The molecule has 0 atom stereocenters. The summed E-state index contributed by atoms with van der Waals surface area (Å²) >= 11 is 7.50. The lowest BCUT2D eigenvalue weighted by Gasteiger charge is -1.94. The number of imidazole rings is 1. The topological polar surface area (TPSA) is 34.4 Å². The van der Waals surface area contributed by atoms with E-state index in [0.717, 1.165) is 16.6 Å². The van der Waals surface area contributed by atoms with Crippen LogP contribution in [0, 0.1) is 0 Å². The van der Waals surface area contributed by atoms with Crippen molar-refractivity contribution in [3.8, 4) is 0 Å². The van der Waals surface area contributed by atoms with Gasteiger partial charge in [0.1, 0.15) is 0 Å². The first-order valence-electron chi connectivity index (χ1n) is 7.07. The van der Waals surface area contributed by atoms with Gasteiger partial charge in [0.15, 0.2) is 4.96 Å². The molecule has 0 spiro atoms. The molecule has 5 heteroatoms. The lowest BCUT2D eigenvalue weighted by Crippen LogP contribution is -2.22. The van der Waals surface area contributed by atoms with E-state index in [4.69, 9.17) is 11.6 Å². The quantitative estimate of drug-likeness (QED) is 0.557. The summed E-state index contributed by atoms with van der Waals surface area (Å²) in [5.74, 6) is 0. The predicted molar refractivity (Wildman–Crippen MR) is 97.0 cm³/mol. The zero-order valence-corrected chi connectivity index (χ0v) is 13.5. The summed E-state index contributed by atoms with van der Waals surface area (Å²) in [6.45, 7) is 0. The molecule has 0 bridgehead atoms. The van der Waals surface area contributed by atoms with E-state index < -0.39 is 0 Å². The van der Waals surface area contributed by atoms with Crippen molar-refractivity contribution in [3.05, 3.63) is 80.1 Å². The second kappa shape index (κ2) is 5.65. The first-order chi connectivity index (χ1) is 11.2. The number of allylic oxidation sites excluding steroid dienone is 1. The summed E-state index contributed by atoms with van der Waals surface area (Å²) in [4.78, 5) is 17.8. The van der Waals surface area contributed by atoms with Gasteiger partial charge in [0.05, 0.1) is 15.6 Å². The van der Waals surface area contributed by atoms with E-state index in [2.05, 4.69) is 4.98 Å². The molecule has 2 aromatic carbocycles. The normalized spacial score (nSPS) is 12.8. The Hall–Kier alpha value is -2.43. The second-order valence-corrected chi connectivity index (χ2v) is 6.45. The van der Waals surface area contributed by atoms with Crippen LogP contribution in [0.15, 0.2) is 59.4 Å². The Morgan fingerprint density at radius 3 is 2.74 bits per heavy atom. The first kappa shape index (κ1) is 14.2. The number of rotatable bonds is 2. The van der Waals surface area contributed by atoms with Crippen LogP contribution in [-0.4, -0.2) is 9.38 Å². The van der Waals surface area contributed by atoms with E-state index in [0.29, 0.717) is 14.5 Å². The summed E-state index contributed by atoms with van der Waals surface area (Å²) in [6.07, 6.45) is 5.54. The van der Waals surface area contributed by atoms with Gasteiger partial charge in [0, 0.05) is 5.02 Å². The summed E-state index contributed by atoms with van der Waals surface area (Å²) in [5.41, 5.74) is 2.57. The number of halogens is 1. The van der Waals surface area contributed by atoms with Gasteiger partial charge in [-0.15, -0.1) is 0 Å². The van der Waals surface area contributed by atoms with Gasteiger partial charge in [-0.25, -0.2) is 9.38 Å². The van der Waals surface area contributed by atoms with Crippen molar-refractivity contribution in [1.82, 2.24) is 9.38 Å². The number of nitrogens with zero attached hydrogens (tertiary/aromatic N) is 2. The van der Waals surface area contributed by atoms with E-state index in [1.807, 2.05) is 60.7 Å². The summed E-state index contributed by atoms with van der Waals surface area (Å²) in [6, 6.07) is 15.2. The Morgan fingerprint density at radius 1 is 1.09 bits per heavy atom. The van der Waals surface area contributed by atoms with Crippen molar-refractivity contribution in [2.45, 2.75) is 0 Å². The number of benzene rings is 2. The minimum atomic E-state index is -0.0393. The smallest absolute Gasteiger partial charge is 0.267 e. The molecular formula is C18H11ClN2OS. The van der Waals surface area contributed by atoms with Crippen molar-refractivity contribution >= 4 is 51.1 Å². The summed E-state index contributed by atoms with van der Waals surface area (Å²) in [7, 11) is 0. The third-order valence-corrected chi connectivity index (χ3v) is 4.91. The molecule has 0 amide bonds. The molecule has 112 valence electrons. The fourth-order valence-corrected chi connectivity index (χ4v) is 3.61. The fourth-order valence-electron chi connectivity index (χ4n) is 2.48. The lowest BCUT2D eigenvalue weighted by molar-refractivity contribution is 1.19. The Bertz CT molecular complexity index is 1160. The zero-order valence-electron chi connectivity index (χ0n) is 11.9. The molecule has 0 aliphatic rings. The van der Waals surface area contributed by atoms with Crippen LogP contribution in [0.2, 0.25) is 5.02 Å². The molecule has 0 unspecified atom stereocenters. The number of fused-ring (bicyclic) bond motifs is 3. The van der Waals surface area contributed by atoms with Crippen LogP contribution in [0.25, 0.3) is 28.1 Å². The molecule has 3 nitrogen and oxygen atoms in total. The Morgan fingerprint density at radius 2 is 1.87 bits per heavy atom. The molecule has 0 aliphatic carbocycles. The van der Waals surface area contributed by atoms with Crippen LogP contribution < -0.4 is 10.1 Å². The molecule has 2 heterocycles. The lowest BCUT2D eigenvalue weighted by atomic mass is 10.2. The van der Waals surface area contributed by atoms with Crippen LogP contribution in [-0.2, 0) is 0 Å². The molecule has 0 radical (unpaired) electrons. The van der Waals surface area contributed by atoms with Gasteiger partial charge in [-0.2, -0.15) is 0 Å². The number of hydrogen-bond donors (Lipinski definition) is 0. The molecular weight excluding hydrogens is 328 g/mol. The minimum absolute atomic E-state index is 0.0393. The number of thiazole rings is 1. The summed E-state index contributed by atoms with van der Waals surface area (Å²) < 4.78 is 2.32. The average Bonchev–Trinajstić information content (AvgIpc) is 3.06. The monoisotopic (exact) mass is 338 g/mol. The Labute approximate surface area is 140 Å². The Balaban J connectivity index is 1.82. The van der Waals surface area contributed by atoms with Gasteiger partial charge in [-0.1, -0.05) is 65.4 Å². The maximum absolute atomic E-state index is 12.6. The highest BCUT2D eigenvalue weighted by Gasteiger charge is 2.09. The first-order valence-corrected chi connectivity index (χ1v) is 8.26. The fraction of sp³-hybridized carbons (Fsp3) is 0.